The van der Waals surface area contributed by atoms with E-state index in [0.29, 0.717) is 37.0 Å². The molecule has 0 saturated carbocycles. The maximum Gasteiger partial charge on any atom is 0.414 e. The Morgan fingerprint density at radius 3 is 2.55 bits per heavy atom. The van der Waals surface area contributed by atoms with Gasteiger partial charge in [-0.1, -0.05) is 33.6 Å². The molecule has 0 saturated heterocycles. The quantitative estimate of drug-likeness (QED) is 0.141. The molecule has 2 heterocycles. The molecule has 0 unspecified atom stereocenters. The van der Waals surface area contributed by atoms with E-state index in [2.05, 4.69) is 25.9 Å². The molecule has 0 radical (unpaired) electrons. The third-order valence-corrected chi connectivity index (χ3v) is 8.60. The molecular weight excluding hydrogens is 641 g/mol. The van der Waals surface area contributed by atoms with Gasteiger partial charge in [0.25, 0.3) is 0 Å². The number of nitrogens with zero attached hydrogens (tertiary/aromatic N) is 3. The number of ether oxygens (including phenoxy) is 2. The van der Waals surface area contributed by atoms with Gasteiger partial charge >= 0.3 is 19.1 Å². The first-order valence-corrected chi connectivity index (χ1v) is 15.8. The molecule has 0 spiro atoms. The van der Waals surface area contributed by atoms with Crippen molar-refractivity contribution < 1.29 is 24.1 Å². The number of halogens is 2. The lowest BCUT2D eigenvalue weighted by Gasteiger charge is -2.29. The summed E-state index contributed by atoms with van der Waals surface area (Å²) in [5.74, 6) is -0.264. The first-order valence-electron chi connectivity index (χ1n) is 13.8. The lowest BCUT2D eigenvalue weighted by molar-refractivity contribution is -0.142. The van der Waals surface area contributed by atoms with E-state index in [0.717, 1.165) is 36.6 Å². The van der Waals surface area contributed by atoms with E-state index in [1.807, 2.05) is 51.2 Å². The molecule has 4 aromatic rings. The number of hydrogen-bond acceptors (Lipinski definition) is 7. The molecule has 4 rings (SSSR count). The molecule has 8 nitrogen and oxygen atoms in total. The van der Waals surface area contributed by atoms with Gasteiger partial charge < -0.3 is 23.9 Å². The Hall–Kier alpha value is -2.57. The molecule has 0 fully saturated rings. The Morgan fingerprint density at radius 2 is 1.88 bits per heavy atom. The fraction of sp³-hybridized carbons (Fsp3) is 0.400. The summed E-state index contributed by atoms with van der Waals surface area (Å²) < 4.78 is 14.9. The number of rotatable bonds is 10. The van der Waals surface area contributed by atoms with Crippen molar-refractivity contribution >= 4 is 84.7 Å². The third kappa shape index (κ3) is 7.68. The van der Waals surface area contributed by atoms with Gasteiger partial charge in [0.2, 0.25) is 0 Å². The van der Waals surface area contributed by atoms with Gasteiger partial charge in [-0.25, -0.2) is 4.79 Å². The molecule has 12 heteroatoms. The molecule has 224 valence electrons. The Balaban J connectivity index is 1.76. The van der Waals surface area contributed by atoms with E-state index in [-0.39, 0.29) is 12.4 Å². The second-order valence-electron chi connectivity index (χ2n) is 11.2. The Morgan fingerprint density at radius 1 is 1.14 bits per heavy atom. The van der Waals surface area contributed by atoms with Crippen molar-refractivity contribution in [1.29, 1.82) is 0 Å². The van der Waals surface area contributed by atoms with E-state index >= 15 is 0 Å². The molecule has 1 N–H and O–H groups in total. The first-order chi connectivity index (χ1) is 19.8. The predicted octanol–water partition coefficient (Wildman–Crippen LogP) is 7.21. The highest BCUT2D eigenvalue weighted by Gasteiger charge is 2.27. The van der Waals surface area contributed by atoms with Gasteiger partial charge in [0.15, 0.2) is 0 Å². The van der Waals surface area contributed by atoms with Crippen LogP contribution < -0.4 is 4.90 Å². The molecule has 0 aliphatic heterocycles. The first kappa shape index (κ1) is 32.4. The number of carbonyl (C=O) groups excluding carboxylic acids is 2. The minimum Gasteiger partial charge on any atom is -0.466 e. The summed E-state index contributed by atoms with van der Waals surface area (Å²) >= 11 is 11.8. The number of benzene rings is 2. The van der Waals surface area contributed by atoms with Crippen LogP contribution in [0.3, 0.4) is 0 Å². The zero-order valence-corrected chi connectivity index (χ0v) is 27.9. The topological polar surface area (TPSA) is 84.2 Å². The van der Waals surface area contributed by atoms with Crippen molar-refractivity contribution in [3.05, 3.63) is 62.5 Å². The van der Waals surface area contributed by atoms with Gasteiger partial charge in [-0.15, -0.1) is 11.3 Å². The summed E-state index contributed by atoms with van der Waals surface area (Å²) in [5.41, 5.74) is 2.89. The fourth-order valence-electron chi connectivity index (χ4n) is 4.69. The number of likely N-dealkylation sites (N-methyl/N-ethyl adjacent to an activating group) is 1. The minimum absolute atomic E-state index is 0.186. The van der Waals surface area contributed by atoms with Crippen molar-refractivity contribution in [2.75, 3.05) is 31.6 Å². The van der Waals surface area contributed by atoms with E-state index in [1.165, 1.54) is 11.3 Å². The lowest BCUT2D eigenvalue weighted by Crippen LogP contribution is -2.44. The summed E-state index contributed by atoms with van der Waals surface area (Å²) in [7, 11) is 1.13. The molecule has 0 atom stereocenters. The normalized spacial score (nSPS) is 11.9. The second kappa shape index (κ2) is 13.4. The van der Waals surface area contributed by atoms with Crippen LogP contribution in [0.1, 0.15) is 38.8 Å². The lowest BCUT2D eigenvalue weighted by atomic mass is 9.86. The largest absolute Gasteiger partial charge is 0.466 e. The number of esters is 1. The zero-order chi connectivity index (χ0) is 30.8. The maximum absolute atomic E-state index is 13.4. The summed E-state index contributed by atoms with van der Waals surface area (Å²) in [6, 6.07) is 9.72. The number of carbonyl (C=O) groups is 2. The summed E-state index contributed by atoms with van der Waals surface area (Å²) in [4.78, 5) is 29.1. The van der Waals surface area contributed by atoms with Gasteiger partial charge in [0.1, 0.15) is 5.60 Å². The van der Waals surface area contributed by atoms with Gasteiger partial charge in [-0.3, -0.25) is 9.69 Å². The molecule has 0 aliphatic carbocycles. The van der Waals surface area contributed by atoms with Gasteiger partial charge in [-0.05, 0) is 82.3 Å². The standard InChI is InChI=1S/C30H36BBrClN3O5S/c1-7-40-27(37)12-19-16-35(25-13-21(32)8-9-23(19)25)17-20-18-42-28-24(20)14-22(33)15-26(28)36(11-10-34(6)31(5)39)29(38)41-30(2,3)4/h8-9,13-16,18,39H,7,10-12,17H2,1-6H3. The van der Waals surface area contributed by atoms with Crippen LogP contribution in [0.25, 0.3) is 21.0 Å². The van der Waals surface area contributed by atoms with Crippen LogP contribution in [0.15, 0.2) is 46.4 Å². The van der Waals surface area contributed by atoms with E-state index in [1.54, 1.807) is 36.6 Å². The molecule has 0 aliphatic rings. The van der Waals surface area contributed by atoms with Crippen molar-refractivity contribution in [2.45, 2.75) is 53.1 Å². The average molecular weight is 677 g/mol. The minimum atomic E-state index is -0.686. The van der Waals surface area contributed by atoms with E-state index < -0.39 is 18.7 Å². The van der Waals surface area contributed by atoms with Gasteiger partial charge in [0, 0.05) is 51.6 Å². The molecule has 2 aromatic carbocycles. The Kier molecular flexibility index (Phi) is 10.3. The molecule has 2 aromatic heterocycles. The van der Waals surface area contributed by atoms with Crippen LogP contribution in [0.2, 0.25) is 11.8 Å². The van der Waals surface area contributed by atoms with Crippen LogP contribution >= 0.6 is 38.9 Å². The number of amides is 1. The van der Waals surface area contributed by atoms with Crippen LogP contribution in [0.4, 0.5) is 10.5 Å². The highest BCUT2D eigenvalue weighted by Crippen LogP contribution is 2.39. The highest BCUT2D eigenvalue weighted by atomic mass is 79.9. The van der Waals surface area contributed by atoms with Gasteiger partial charge in [-0.2, -0.15) is 0 Å². The number of thiophene rings is 1. The van der Waals surface area contributed by atoms with Crippen molar-refractivity contribution in [3.63, 3.8) is 0 Å². The Bertz CT molecular complexity index is 1600. The van der Waals surface area contributed by atoms with Crippen LogP contribution in [-0.4, -0.2) is 65.9 Å². The monoisotopic (exact) mass is 675 g/mol. The number of aromatic nitrogens is 1. The molecule has 0 bridgehead atoms. The highest BCUT2D eigenvalue weighted by molar-refractivity contribution is 9.10. The van der Waals surface area contributed by atoms with Crippen molar-refractivity contribution in [1.82, 2.24) is 9.38 Å². The molecular formula is C30H36BBrClN3O5S. The fourth-order valence-corrected chi connectivity index (χ4v) is 6.32. The van der Waals surface area contributed by atoms with E-state index in [4.69, 9.17) is 21.1 Å². The Labute approximate surface area is 264 Å². The molecule has 1 amide bonds. The SMILES string of the molecule is CCOC(=O)Cc1cn(Cc2csc3c(N(CCN(C)B(C)O)C(=O)OC(C)(C)C)cc(Cl)cc23)c2cc(Br)ccc12. The maximum atomic E-state index is 13.4. The second-order valence-corrected chi connectivity index (χ2v) is 13.5. The van der Waals surface area contributed by atoms with Crippen LogP contribution in [0, 0.1) is 0 Å². The van der Waals surface area contributed by atoms with Crippen molar-refractivity contribution in [3.8, 4) is 0 Å². The summed E-state index contributed by atoms with van der Waals surface area (Å²) in [6.45, 7) is 10.6. The third-order valence-electron chi connectivity index (χ3n) is 6.83. The predicted molar refractivity (Wildman–Crippen MR) is 176 cm³/mol. The zero-order valence-electron chi connectivity index (χ0n) is 24.7. The van der Waals surface area contributed by atoms with E-state index in [9.17, 15) is 14.6 Å². The van der Waals surface area contributed by atoms with Crippen LogP contribution in [-0.2, 0) is 27.2 Å². The number of anilines is 1. The summed E-state index contributed by atoms with van der Waals surface area (Å²) in [6.07, 6.45) is 1.71. The average Bonchev–Trinajstić information content (AvgIpc) is 3.43. The summed E-state index contributed by atoms with van der Waals surface area (Å²) in [5, 5.41) is 14.5. The number of fused-ring (bicyclic) bond motifs is 2. The van der Waals surface area contributed by atoms with Crippen molar-refractivity contribution in [2.24, 2.45) is 0 Å². The van der Waals surface area contributed by atoms with Gasteiger partial charge in [0.05, 0.1) is 23.4 Å². The smallest absolute Gasteiger partial charge is 0.414 e. The number of hydrogen-bond donors (Lipinski definition) is 1. The van der Waals surface area contributed by atoms with Crippen LogP contribution in [0.5, 0.6) is 0 Å². The molecule has 42 heavy (non-hydrogen) atoms.